The van der Waals surface area contributed by atoms with Crippen LogP contribution in [0.1, 0.15) is 53.5 Å². The quantitative estimate of drug-likeness (QED) is 0.242. The topological polar surface area (TPSA) is 80.1 Å². The van der Waals surface area contributed by atoms with E-state index in [1.807, 2.05) is 26.1 Å². The summed E-state index contributed by atoms with van der Waals surface area (Å²) in [4.78, 5) is 31.9. The monoisotopic (exact) mass is 611 g/mol. The van der Waals surface area contributed by atoms with Gasteiger partial charge in [-0.15, -0.1) is 12.4 Å². The maximum absolute atomic E-state index is 15.5. The number of nitrogens with one attached hydrogen (secondary N) is 1. The summed E-state index contributed by atoms with van der Waals surface area (Å²) >= 11 is 6.56. The molecule has 11 heteroatoms. The van der Waals surface area contributed by atoms with Crippen LogP contribution in [0.5, 0.6) is 0 Å². The molecule has 0 unspecified atom stereocenters. The maximum atomic E-state index is 15.5. The van der Waals surface area contributed by atoms with Crippen molar-refractivity contribution in [2.45, 2.75) is 38.7 Å². The Hall–Kier alpha value is -4.08. The molecule has 2 aromatic heterocycles. The molecule has 5 rings (SSSR count). The number of allylic oxidation sites excluding steroid dienone is 1. The van der Waals surface area contributed by atoms with Crippen molar-refractivity contribution in [3.8, 4) is 5.69 Å². The molecule has 0 bridgehead atoms. The molecule has 0 radical (unpaired) electrons. The minimum Gasteiger partial charge on any atom is -0.347 e. The van der Waals surface area contributed by atoms with Gasteiger partial charge in [-0.3, -0.25) is 14.6 Å². The fraction of sp³-hybridized carbons (Fsp3) is 0.226. The van der Waals surface area contributed by atoms with Crippen LogP contribution in [0.2, 0.25) is 5.02 Å². The molecule has 0 saturated carbocycles. The third-order valence-corrected chi connectivity index (χ3v) is 7.18. The molecule has 1 aliphatic rings. The number of alkyl halides is 2. The summed E-state index contributed by atoms with van der Waals surface area (Å²) in [7, 11) is 0. The van der Waals surface area contributed by atoms with Gasteiger partial charge in [0.25, 0.3) is 11.8 Å². The molecule has 3 heterocycles. The fourth-order valence-electron chi connectivity index (χ4n) is 4.65. The number of nitrogens with zero attached hydrogens (tertiary/aromatic N) is 4. The molecule has 0 atom stereocenters. The molecule has 0 aliphatic carbocycles. The standard InChI is InChI=1S/C31H28ClF2N5O2.ClH/c1-20(2)27-12-15-39(37-27)22-10-11-24(26(32)17-22)30(41)38-16-13-31(33,34)25(23-8-3-4-9-28(23)38)18-29(40)36-19-21-7-5-6-14-35-21;/h3-12,14-15,17-18,20H,13,16,19H2,1-2H3,(H,36,40);1H/b25-18-;. The van der Waals surface area contributed by atoms with Crippen LogP contribution in [0, 0.1) is 0 Å². The number of hydrogen-bond donors (Lipinski definition) is 1. The van der Waals surface area contributed by atoms with E-state index in [0.29, 0.717) is 11.4 Å². The van der Waals surface area contributed by atoms with E-state index in [4.69, 9.17) is 11.6 Å². The molecular formula is C31H29Cl2F2N5O2. The number of rotatable bonds is 6. The van der Waals surface area contributed by atoms with Gasteiger partial charge in [0.05, 0.1) is 39.9 Å². The van der Waals surface area contributed by atoms with Crippen LogP contribution in [0.15, 0.2) is 85.2 Å². The number of halogens is 4. The van der Waals surface area contributed by atoms with Gasteiger partial charge in [-0.2, -0.15) is 5.10 Å². The number of benzene rings is 2. The summed E-state index contributed by atoms with van der Waals surface area (Å²) in [5.41, 5.74) is 2.27. The number of amides is 2. The number of para-hydroxylation sites is 1. The third kappa shape index (κ3) is 6.53. The molecule has 218 valence electrons. The first-order chi connectivity index (χ1) is 19.6. The lowest BCUT2D eigenvalue weighted by atomic mass is 9.97. The van der Waals surface area contributed by atoms with Crippen molar-refractivity contribution in [1.82, 2.24) is 20.1 Å². The van der Waals surface area contributed by atoms with E-state index in [9.17, 15) is 9.59 Å². The van der Waals surface area contributed by atoms with Crippen molar-refractivity contribution < 1.29 is 18.4 Å². The Morgan fingerprint density at radius 1 is 1.10 bits per heavy atom. The summed E-state index contributed by atoms with van der Waals surface area (Å²) in [5, 5.41) is 7.33. The first kappa shape index (κ1) is 30.9. The second kappa shape index (κ2) is 12.8. The molecule has 0 saturated heterocycles. The van der Waals surface area contributed by atoms with Crippen LogP contribution in [0.3, 0.4) is 0 Å². The Morgan fingerprint density at radius 3 is 2.55 bits per heavy atom. The summed E-state index contributed by atoms with van der Waals surface area (Å²) < 4.78 is 32.7. The fourth-order valence-corrected chi connectivity index (χ4v) is 4.91. The molecule has 2 amide bonds. The number of fused-ring (bicyclic) bond motifs is 1. The Labute approximate surface area is 253 Å². The summed E-state index contributed by atoms with van der Waals surface area (Å²) in [6.45, 7) is 3.90. The predicted molar refractivity (Wildman–Crippen MR) is 162 cm³/mol. The van der Waals surface area contributed by atoms with Gasteiger partial charge in [-0.25, -0.2) is 13.5 Å². The van der Waals surface area contributed by atoms with E-state index < -0.39 is 29.7 Å². The zero-order chi connectivity index (χ0) is 29.1. The van der Waals surface area contributed by atoms with Gasteiger partial charge in [0, 0.05) is 42.6 Å². The molecule has 42 heavy (non-hydrogen) atoms. The predicted octanol–water partition coefficient (Wildman–Crippen LogP) is 6.85. The Bertz CT molecular complexity index is 1620. The minimum absolute atomic E-state index is 0. The van der Waals surface area contributed by atoms with Crippen molar-refractivity contribution in [3.63, 3.8) is 0 Å². The van der Waals surface area contributed by atoms with Gasteiger partial charge >= 0.3 is 0 Å². The van der Waals surface area contributed by atoms with Crippen LogP contribution >= 0.6 is 24.0 Å². The SMILES string of the molecule is CC(C)c1ccn(-c2ccc(C(=O)N3CCC(F)(F)/C(=C\C(=O)NCc4ccccn4)c4ccccc43)c(Cl)c2)n1.Cl. The summed E-state index contributed by atoms with van der Waals surface area (Å²) in [6.07, 6.45) is 3.64. The largest absolute Gasteiger partial charge is 0.347 e. The average molecular weight is 613 g/mol. The van der Waals surface area contributed by atoms with E-state index in [-0.39, 0.29) is 53.3 Å². The Kier molecular flexibility index (Phi) is 9.43. The highest BCUT2D eigenvalue weighted by Crippen LogP contribution is 2.43. The highest BCUT2D eigenvalue weighted by atomic mass is 35.5. The second-order valence-electron chi connectivity index (χ2n) is 10.0. The number of carbonyl (C=O) groups is 2. The van der Waals surface area contributed by atoms with Crippen molar-refractivity contribution >= 4 is 47.1 Å². The van der Waals surface area contributed by atoms with Crippen LogP contribution in [-0.2, 0) is 11.3 Å². The summed E-state index contributed by atoms with van der Waals surface area (Å²) in [6, 6.07) is 18.4. The van der Waals surface area contributed by atoms with Gasteiger partial charge in [-0.1, -0.05) is 49.7 Å². The number of anilines is 1. The zero-order valence-corrected chi connectivity index (χ0v) is 24.5. The molecule has 1 aliphatic heterocycles. The molecule has 0 spiro atoms. The van der Waals surface area contributed by atoms with E-state index in [1.165, 1.54) is 11.0 Å². The smallest absolute Gasteiger partial charge is 0.275 e. The summed E-state index contributed by atoms with van der Waals surface area (Å²) in [5.74, 6) is -4.32. The number of pyridine rings is 1. The van der Waals surface area contributed by atoms with E-state index >= 15 is 8.78 Å². The Balaban J connectivity index is 0.00000405. The van der Waals surface area contributed by atoms with Crippen LogP contribution in [0.25, 0.3) is 11.3 Å². The van der Waals surface area contributed by atoms with Gasteiger partial charge < -0.3 is 10.2 Å². The van der Waals surface area contributed by atoms with Crippen LogP contribution < -0.4 is 10.2 Å². The molecule has 7 nitrogen and oxygen atoms in total. The molecule has 2 aromatic carbocycles. The van der Waals surface area contributed by atoms with Crippen molar-refractivity contribution in [2.75, 3.05) is 11.4 Å². The van der Waals surface area contributed by atoms with Crippen molar-refractivity contribution in [2.24, 2.45) is 0 Å². The van der Waals surface area contributed by atoms with Gasteiger partial charge in [0.15, 0.2) is 0 Å². The second-order valence-corrected chi connectivity index (χ2v) is 10.4. The maximum Gasteiger partial charge on any atom is 0.275 e. The van der Waals surface area contributed by atoms with E-state index in [2.05, 4.69) is 15.4 Å². The third-order valence-electron chi connectivity index (χ3n) is 6.87. The van der Waals surface area contributed by atoms with E-state index in [1.54, 1.807) is 65.5 Å². The van der Waals surface area contributed by atoms with Crippen LogP contribution in [0.4, 0.5) is 14.5 Å². The van der Waals surface area contributed by atoms with Crippen LogP contribution in [-0.4, -0.2) is 39.0 Å². The number of aromatic nitrogens is 3. The average Bonchev–Trinajstić information content (AvgIpc) is 3.43. The normalized spacial score (nSPS) is 15.1. The molecule has 1 N–H and O–H groups in total. The lowest BCUT2D eigenvalue weighted by Crippen LogP contribution is -2.33. The molecular weight excluding hydrogens is 583 g/mol. The van der Waals surface area contributed by atoms with Crippen molar-refractivity contribution in [1.29, 1.82) is 0 Å². The van der Waals surface area contributed by atoms with Gasteiger partial charge in [0.2, 0.25) is 5.91 Å². The zero-order valence-electron chi connectivity index (χ0n) is 22.9. The number of carbonyl (C=O) groups excluding carboxylic acids is 2. The van der Waals surface area contributed by atoms with Gasteiger partial charge in [0.1, 0.15) is 0 Å². The first-order valence-corrected chi connectivity index (χ1v) is 13.6. The molecule has 0 fully saturated rings. The highest BCUT2D eigenvalue weighted by Gasteiger charge is 2.41. The van der Waals surface area contributed by atoms with E-state index in [0.717, 1.165) is 11.8 Å². The Morgan fingerprint density at radius 2 is 1.86 bits per heavy atom. The van der Waals surface area contributed by atoms with Crippen molar-refractivity contribution in [3.05, 3.63) is 113 Å². The first-order valence-electron chi connectivity index (χ1n) is 13.2. The minimum atomic E-state index is -3.37. The molecule has 4 aromatic rings. The lowest BCUT2D eigenvalue weighted by Gasteiger charge is -2.23. The van der Waals surface area contributed by atoms with Gasteiger partial charge in [-0.05, 0) is 48.4 Å². The highest BCUT2D eigenvalue weighted by molar-refractivity contribution is 6.34. The number of hydrogen-bond acceptors (Lipinski definition) is 4. The lowest BCUT2D eigenvalue weighted by molar-refractivity contribution is -0.116.